The Hall–Kier alpha value is -3.93. The fourth-order valence-corrected chi connectivity index (χ4v) is 3.18. The maximum absolute atomic E-state index is 13.5. The summed E-state index contributed by atoms with van der Waals surface area (Å²) >= 11 is 0. The number of carbonyl (C=O) groups excluding carboxylic acids is 1. The van der Waals surface area contributed by atoms with Gasteiger partial charge in [-0.15, -0.1) is 0 Å². The van der Waals surface area contributed by atoms with Crippen LogP contribution in [0.4, 0.5) is 10.1 Å². The molecule has 0 radical (unpaired) electrons. The Kier molecular flexibility index (Phi) is 7.17. The lowest BCUT2D eigenvalue weighted by molar-refractivity contribution is -0.113. The number of benzene rings is 3. The lowest BCUT2D eigenvalue weighted by Crippen LogP contribution is -2.28. The van der Waals surface area contributed by atoms with Gasteiger partial charge in [-0.2, -0.15) is 0 Å². The van der Waals surface area contributed by atoms with Crippen molar-refractivity contribution in [2.45, 2.75) is 6.04 Å². The van der Waals surface area contributed by atoms with Gasteiger partial charge >= 0.3 is 0 Å². The Balaban J connectivity index is 1.97. The maximum Gasteiger partial charge on any atom is 0.207 e. The summed E-state index contributed by atoms with van der Waals surface area (Å²) in [6, 6.07) is 21.4. The predicted molar refractivity (Wildman–Crippen MR) is 122 cm³/mol. The molecule has 0 aliphatic rings. The molecule has 0 aliphatic carbocycles. The summed E-state index contributed by atoms with van der Waals surface area (Å²) in [7, 11) is 3.26. The molecule has 0 aromatic heterocycles. The summed E-state index contributed by atoms with van der Waals surface area (Å²) in [6.07, 6.45) is 1.57. The molecule has 0 heterocycles. The van der Waals surface area contributed by atoms with Crippen LogP contribution in [-0.4, -0.2) is 25.7 Å². The number of allylic oxidation sites excluding steroid dienone is 1. The molecule has 6 heteroatoms. The van der Waals surface area contributed by atoms with E-state index in [0.717, 1.165) is 5.56 Å². The normalized spacial score (nSPS) is 12.0. The van der Waals surface area contributed by atoms with E-state index in [9.17, 15) is 9.18 Å². The zero-order valence-corrected chi connectivity index (χ0v) is 17.4. The van der Waals surface area contributed by atoms with Crippen molar-refractivity contribution in [1.82, 2.24) is 5.32 Å². The van der Waals surface area contributed by atoms with Crippen molar-refractivity contribution in [2.24, 2.45) is 0 Å². The molecule has 1 atom stereocenters. The van der Waals surface area contributed by atoms with Gasteiger partial charge in [-0.05, 0) is 35.4 Å². The fourth-order valence-electron chi connectivity index (χ4n) is 3.18. The van der Waals surface area contributed by atoms with E-state index in [2.05, 4.69) is 10.6 Å². The highest BCUT2D eigenvalue weighted by Crippen LogP contribution is 2.26. The Bertz CT molecular complexity index is 1080. The molecule has 0 saturated heterocycles. The number of hydrogen-bond donors (Lipinski definition) is 3. The van der Waals surface area contributed by atoms with E-state index in [0.29, 0.717) is 22.6 Å². The van der Waals surface area contributed by atoms with Crippen molar-refractivity contribution in [1.29, 1.82) is 5.41 Å². The van der Waals surface area contributed by atoms with Gasteiger partial charge in [0.2, 0.25) is 5.78 Å². The van der Waals surface area contributed by atoms with Crippen LogP contribution in [-0.2, 0) is 4.79 Å². The molecule has 3 aromatic carbocycles. The summed E-state index contributed by atoms with van der Waals surface area (Å²) in [5, 5.41) is 14.8. The van der Waals surface area contributed by atoms with Crippen LogP contribution in [0.3, 0.4) is 0 Å². The monoisotopic (exact) mass is 417 g/mol. The molecule has 3 N–H and O–H groups in total. The molecule has 0 spiro atoms. The molecule has 158 valence electrons. The summed E-state index contributed by atoms with van der Waals surface area (Å²) < 4.78 is 18.6. The van der Waals surface area contributed by atoms with Crippen LogP contribution in [0.1, 0.15) is 17.2 Å². The van der Waals surface area contributed by atoms with E-state index in [1.807, 2.05) is 48.5 Å². The minimum atomic E-state index is -0.790. The van der Waals surface area contributed by atoms with E-state index in [1.54, 1.807) is 38.6 Å². The molecule has 0 fully saturated rings. The Morgan fingerprint density at radius 1 is 1.03 bits per heavy atom. The van der Waals surface area contributed by atoms with E-state index in [1.165, 1.54) is 12.1 Å². The molecule has 0 saturated carbocycles. The second-order valence-corrected chi connectivity index (χ2v) is 6.81. The van der Waals surface area contributed by atoms with Crippen LogP contribution in [0.15, 0.2) is 85.1 Å². The SMILES string of the molecule is CN/C=C(\C(=N)C(=O)C(Nc1cccc(OC)c1)c1ccccc1)c1ccc(F)cc1. The second-order valence-electron chi connectivity index (χ2n) is 6.81. The molecule has 3 aromatic rings. The third-order valence-corrected chi connectivity index (χ3v) is 4.74. The topological polar surface area (TPSA) is 74.2 Å². The number of carbonyl (C=O) groups is 1. The summed E-state index contributed by atoms with van der Waals surface area (Å²) in [5.74, 6) is -0.145. The number of hydrogen-bond acceptors (Lipinski definition) is 5. The van der Waals surface area contributed by atoms with Crippen LogP contribution < -0.4 is 15.4 Å². The lowest BCUT2D eigenvalue weighted by atomic mass is 9.92. The third kappa shape index (κ3) is 5.36. The van der Waals surface area contributed by atoms with Crippen LogP contribution in [0.5, 0.6) is 5.75 Å². The second kappa shape index (κ2) is 10.2. The lowest BCUT2D eigenvalue weighted by Gasteiger charge is -2.21. The van der Waals surface area contributed by atoms with Crippen LogP contribution in [0.25, 0.3) is 5.57 Å². The maximum atomic E-state index is 13.5. The van der Waals surface area contributed by atoms with Crippen molar-refractivity contribution in [2.75, 3.05) is 19.5 Å². The Morgan fingerprint density at radius 3 is 2.39 bits per heavy atom. The molecule has 31 heavy (non-hydrogen) atoms. The summed E-state index contributed by atoms with van der Waals surface area (Å²) in [4.78, 5) is 13.5. The molecule has 3 rings (SSSR count). The minimum absolute atomic E-state index is 0.190. The third-order valence-electron chi connectivity index (χ3n) is 4.74. The first-order chi connectivity index (χ1) is 15.0. The standard InChI is InChI=1S/C25H24FN3O2/c1-28-16-22(17-11-13-19(26)14-12-17)23(27)25(30)24(18-7-4-3-5-8-18)29-20-9-6-10-21(15-20)31-2/h3-16,24,27-29H,1-2H3/b22-16-,27-23?. The van der Waals surface area contributed by atoms with Crippen LogP contribution in [0.2, 0.25) is 0 Å². The first-order valence-corrected chi connectivity index (χ1v) is 9.75. The summed E-state index contributed by atoms with van der Waals surface area (Å²) in [6.45, 7) is 0. The van der Waals surface area contributed by atoms with Gasteiger partial charge in [-0.3, -0.25) is 10.2 Å². The van der Waals surface area contributed by atoms with Crippen molar-refractivity contribution in [3.63, 3.8) is 0 Å². The predicted octanol–water partition coefficient (Wildman–Crippen LogP) is 4.84. The number of halogens is 1. The molecule has 0 bridgehead atoms. The van der Waals surface area contributed by atoms with Crippen molar-refractivity contribution in [3.05, 3.63) is 102 Å². The zero-order valence-electron chi connectivity index (χ0n) is 17.4. The molecule has 1 unspecified atom stereocenters. The molecule has 5 nitrogen and oxygen atoms in total. The fraction of sp³-hybridized carbons (Fsp3) is 0.120. The Labute approximate surface area is 181 Å². The number of anilines is 1. The highest BCUT2D eigenvalue weighted by molar-refractivity contribution is 6.56. The first-order valence-electron chi connectivity index (χ1n) is 9.75. The highest BCUT2D eigenvalue weighted by atomic mass is 19.1. The molecular weight excluding hydrogens is 393 g/mol. The van der Waals surface area contributed by atoms with E-state index in [4.69, 9.17) is 10.1 Å². The average molecular weight is 417 g/mol. The summed E-state index contributed by atoms with van der Waals surface area (Å²) in [5.41, 5.74) is 2.17. The number of Topliss-reactive ketones (excluding diaryl/α,β-unsaturated/α-hetero) is 1. The van der Waals surface area contributed by atoms with Crippen molar-refractivity contribution in [3.8, 4) is 5.75 Å². The number of ketones is 1. The van der Waals surface area contributed by atoms with Gasteiger partial charge in [0.05, 0.1) is 7.11 Å². The van der Waals surface area contributed by atoms with Gasteiger partial charge in [-0.25, -0.2) is 4.39 Å². The zero-order chi connectivity index (χ0) is 22.2. The van der Waals surface area contributed by atoms with Gasteiger partial charge in [0.1, 0.15) is 23.3 Å². The quantitative estimate of drug-likeness (QED) is 0.436. The largest absolute Gasteiger partial charge is 0.497 e. The molecule has 0 aliphatic heterocycles. The average Bonchev–Trinajstić information content (AvgIpc) is 2.81. The van der Waals surface area contributed by atoms with Crippen molar-refractivity contribution < 1.29 is 13.9 Å². The number of nitrogens with one attached hydrogen (secondary N) is 3. The van der Waals surface area contributed by atoms with Gasteiger partial charge in [0.25, 0.3) is 0 Å². The Morgan fingerprint density at radius 2 is 1.74 bits per heavy atom. The van der Waals surface area contributed by atoms with Crippen molar-refractivity contribution >= 4 is 22.8 Å². The first kappa shape index (κ1) is 21.8. The molecular formula is C25H24FN3O2. The van der Waals surface area contributed by atoms with Gasteiger partial charge in [0.15, 0.2) is 0 Å². The number of methoxy groups -OCH3 is 1. The smallest absolute Gasteiger partial charge is 0.207 e. The van der Waals surface area contributed by atoms with E-state index >= 15 is 0 Å². The number of ether oxygens (including phenoxy) is 1. The number of rotatable bonds is 9. The van der Waals surface area contributed by atoms with Gasteiger partial charge < -0.3 is 15.4 Å². The van der Waals surface area contributed by atoms with Crippen LogP contribution in [0, 0.1) is 11.2 Å². The van der Waals surface area contributed by atoms with Gasteiger partial charge in [0, 0.05) is 30.6 Å². The van der Waals surface area contributed by atoms with Gasteiger partial charge in [-0.1, -0.05) is 48.5 Å². The molecule has 0 amide bonds. The van der Waals surface area contributed by atoms with Crippen LogP contribution >= 0.6 is 0 Å². The van der Waals surface area contributed by atoms with E-state index in [-0.39, 0.29) is 11.5 Å². The highest BCUT2D eigenvalue weighted by Gasteiger charge is 2.27. The minimum Gasteiger partial charge on any atom is -0.497 e. The van der Waals surface area contributed by atoms with E-state index < -0.39 is 11.8 Å².